The Kier molecular flexibility index (Phi) is 6.28. The van der Waals surface area contributed by atoms with Gasteiger partial charge in [0.05, 0.1) is 35.2 Å². The molecule has 0 atom stereocenters. The Morgan fingerprint density at radius 3 is 1.97 bits per heavy atom. The summed E-state index contributed by atoms with van der Waals surface area (Å²) in [7, 11) is -1.17. The van der Waals surface area contributed by atoms with Crippen LogP contribution in [0.3, 0.4) is 0 Å². The Morgan fingerprint density at radius 1 is 0.897 bits per heavy atom. The molecule has 0 aliphatic rings. The minimum absolute atomic E-state index is 0.398. The van der Waals surface area contributed by atoms with Gasteiger partial charge in [-0.15, -0.1) is 0 Å². The second kappa shape index (κ2) is 8.87. The molecule has 0 saturated heterocycles. The molecular weight excluding hydrogens is 376 g/mol. The highest BCUT2D eigenvalue weighted by atomic mass is 28.3. The van der Waals surface area contributed by atoms with Gasteiger partial charge in [0.2, 0.25) is 0 Å². The van der Waals surface area contributed by atoms with Crippen LogP contribution in [-0.4, -0.2) is 24.2 Å². The van der Waals surface area contributed by atoms with Crippen LogP contribution in [0.25, 0.3) is 22.6 Å². The number of benzene rings is 2. The van der Waals surface area contributed by atoms with E-state index in [1.807, 2.05) is 35.0 Å². The second-order valence-electron chi connectivity index (χ2n) is 8.12. The van der Waals surface area contributed by atoms with Gasteiger partial charge in [-0.3, -0.25) is 4.57 Å². The Bertz CT molecular complexity index is 974. The van der Waals surface area contributed by atoms with Crippen LogP contribution in [0.5, 0.6) is 0 Å². The van der Waals surface area contributed by atoms with Gasteiger partial charge >= 0.3 is 0 Å². The van der Waals surface area contributed by atoms with Gasteiger partial charge in [-0.1, -0.05) is 31.8 Å². The maximum atomic E-state index is 9.05. The third kappa shape index (κ3) is 5.20. The second-order valence-corrected chi connectivity index (χ2v) is 13.7. The number of hydrogen-bond donors (Lipinski definition) is 0. The molecule has 1 heterocycles. The van der Waals surface area contributed by atoms with Crippen molar-refractivity contribution in [2.75, 3.05) is 6.61 Å². The molecule has 2 aromatic carbocycles. The van der Waals surface area contributed by atoms with Crippen molar-refractivity contribution in [1.82, 2.24) is 9.55 Å². The van der Waals surface area contributed by atoms with E-state index in [4.69, 9.17) is 15.3 Å². The SMILES string of the molecule is C[Si](C)(C)CCOCn1c(-c2ccc(C#N)cc2)cnc1-c1ccc(C#N)cc1. The zero-order chi connectivity index (χ0) is 20.9. The first-order chi connectivity index (χ1) is 13.9. The van der Waals surface area contributed by atoms with Crippen LogP contribution in [0.4, 0.5) is 0 Å². The standard InChI is InChI=1S/C23H24N4OSi/c1-29(2,3)13-12-28-17-27-22(20-8-4-18(14-24)5-9-20)16-26-23(27)21-10-6-19(15-25)7-11-21/h4-11,16H,12-13,17H2,1-3H3. The molecular formula is C23H24N4OSi. The molecule has 6 heteroatoms. The van der Waals surface area contributed by atoms with Crippen molar-refractivity contribution in [1.29, 1.82) is 10.5 Å². The molecule has 0 fully saturated rings. The molecule has 0 aliphatic heterocycles. The molecule has 3 rings (SSSR count). The zero-order valence-corrected chi connectivity index (χ0v) is 18.0. The van der Waals surface area contributed by atoms with Crippen LogP contribution in [0, 0.1) is 22.7 Å². The van der Waals surface area contributed by atoms with E-state index < -0.39 is 8.07 Å². The highest BCUT2D eigenvalue weighted by Crippen LogP contribution is 2.27. The molecule has 0 bridgehead atoms. The van der Waals surface area contributed by atoms with Gasteiger partial charge in [0.25, 0.3) is 0 Å². The van der Waals surface area contributed by atoms with Crippen LogP contribution in [0.2, 0.25) is 25.7 Å². The Labute approximate surface area is 172 Å². The first-order valence-electron chi connectivity index (χ1n) is 9.55. The summed E-state index contributed by atoms with van der Waals surface area (Å²) >= 11 is 0. The van der Waals surface area contributed by atoms with E-state index in [1.165, 1.54) is 0 Å². The fourth-order valence-electron chi connectivity index (χ4n) is 2.91. The minimum Gasteiger partial charge on any atom is -0.361 e. The molecule has 0 radical (unpaired) electrons. The number of ether oxygens (including phenoxy) is 1. The fraction of sp³-hybridized carbons (Fsp3) is 0.261. The fourth-order valence-corrected chi connectivity index (χ4v) is 3.67. The molecule has 5 nitrogen and oxygen atoms in total. The maximum Gasteiger partial charge on any atom is 0.142 e. The summed E-state index contributed by atoms with van der Waals surface area (Å²) in [5, 5.41) is 18.1. The van der Waals surface area contributed by atoms with Crippen LogP contribution in [-0.2, 0) is 11.5 Å². The molecule has 1 aromatic heterocycles. The highest BCUT2D eigenvalue weighted by Gasteiger charge is 2.16. The Morgan fingerprint density at radius 2 is 1.45 bits per heavy atom. The van der Waals surface area contributed by atoms with Crippen molar-refractivity contribution < 1.29 is 4.74 Å². The van der Waals surface area contributed by atoms with Crippen molar-refractivity contribution in [3.8, 4) is 34.8 Å². The van der Waals surface area contributed by atoms with Crippen LogP contribution >= 0.6 is 0 Å². The van der Waals surface area contributed by atoms with E-state index in [1.54, 1.807) is 24.3 Å². The molecule has 0 saturated carbocycles. The number of nitriles is 2. The average Bonchev–Trinajstić information content (AvgIpc) is 3.14. The lowest BCUT2D eigenvalue weighted by atomic mass is 10.1. The lowest BCUT2D eigenvalue weighted by molar-refractivity contribution is 0.0893. The number of rotatable bonds is 7. The quantitative estimate of drug-likeness (QED) is 0.400. The van der Waals surface area contributed by atoms with E-state index in [9.17, 15) is 0 Å². The van der Waals surface area contributed by atoms with Gasteiger partial charge in [-0.25, -0.2) is 4.98 Å². The maximum absolute atomic E-state index is 9.05. The first kappa shape index (κ1) is 20.5. The summed E-state index contributed by atoms with van der Waals surface area (Å²) in [5.41, 5.74) is 4.08. The molecule has 146 valence electrons. The van der Waals surface area contributed by atoms with E-state index >= 15 is 0 Å². The number of hydrogen-bond acceptors (Lipinski definition) is 4. The van der Waals surface area contributed by atoms with E-state index in [0.717, 1.165) is 28.7 Å². The molecule has 29 heavy (non-hydrogen) atoms. The predicted molar refractivity (Wildman–Crippen MR) is 117 cm³/mol. The van der Waals surface area contributed by atoms with Crippen molar-refractivity contribution >= 4 is 8.07 Å². The predicted octanol–water partition coefficient (Wildman–Crippen LogP) is 5.27. The van der Waals surface area contributed by atoms with Gasteiger partial charge in [-0.2, -0.15) is 10.5 Å². The van der Waals surface area contributed by atoms with Crippen LogP contribution in [0.1, 0.15) is 11.1 Å². The number of imidazole rings is 1. The summed E-state index contributed by atoms with van der Waals surface area (Å²) in [6.45, 7) is 8.11. The lowest BCUT2D eigenvalue weighted by Gasteiger charge is -2.17. The third-order valence-electron chi connectivity index (χ3n) is 4.65. The van der Waals surface area contributed by atoms with Crippen molar-refractivity contribution in [2.24, 2.45) is 0 Å². The normalized spacial score (nSPS) is 11.1. The first-order valence-corrected chi connectivity index (χ1v) is 13.3. The summed E-state index contributed by atoms with van der Waals surface area (Å²) in [6, 6.07) is 20.3. The van der Waals surface area contributed by atoms with Crippen molar-refractivity contribution in [3.05, 3.63) is 65.9 Å². The van der Waals surface area contributed by atoms with Gasteiger partial charge in [0.15, 0.2) is 0 Å². The van der Waals surface area contributed by atoms with Crippen molar-refractivity contribution in [3.63, 3.8) is 0 Å². The summed E-state index contributed by atoms with van der Waals surface area (Å²) in [5.74, 6) is 0.793. The molecule has 0 amide bonds. The third-order valence-corrected chi connectivity index (χ3v) is 6.36. The van der Waals surface area contributed by atoms with Gasteiger partial charge in [0.1, 0.15) is 12.6 Å². The molecule has 0 N–H and O–H groups in total. The topological polar surface area (TPSA) is 74.6 Å². The van der Waals surface area contributed by atoms with Crippen molar-refractivity contribution in [2.45, 2.75) is 32.4 Å². The van der Waals surface area contributed by atoms with E-state index in [0.29, 0.717) is 24.5 Å². The van der Waals surface area contributed by atoms with Crippen LogP contribution < -0.4 is 0 Å². The minimum atomic E-state index is -1.17. The van der Waals surface area contributed by atoms with Gasteiger partial charge in [-0.05, 0) is 48.0 Å². The summed E-state index contributed by atoms with van der Waals surface area (Å²) in [6.07, 6.45) is 1.83. The average molecular weight is 401 g/mol. The lowest BCUT2D eigenvalue weighted by Crippen LogP contribution is -2.22. The van der Waals surface area contributed by atoms with E-state index in [2.05, 4.69) is 36.8 Å². The summed E-state index contributed by atoms with van der Waals surface area (Å²) in [4.78, 5) is 4.63. The van der Waals surface area contributed by atoms with E-state index in [-0.39, 0.29) is 0 Å². The van der Waals surface area contributed by atoms with Gasteiger partial charge in [0, 0.05) is 20.2 Å². The molecule has 0 spiro atoms. The summed E-state index contributed by atoms with van der Waals surface area (Å²) < 4.78 is 8.07. The Hall–Kier alpha value is -3.19. The molecule has 0 aliphatic carbocycles. The van der Waals surface area contributed by atoms with Gasteiger partial charge < -0.3 is 4.74 Å². The zero-order valence-electron chi connectivity index (χ0n) is 17.0. The molecule has 3 aromatic rings. The molecule has 0 unspecified atom stereocenters. The number of nitrogens with zero attached hydrogens (tertiary/aromatic N) is 4. The van der Waals surface area contributed by atoms with Crippen LogP contribution in [0.15, 0.2) is 54.7 Å². The smallest absolute Gasteiger partial charge is 0.142 e. The highest BCUT2D eigenvalue weighted by molar-refractivity contribution is 6.76. The number of aromatic nitrogens is 2. The largest absolute Gasteiger partial charge is 0.361 e. The monoisotopic (exact) mass is 400 g/mol. The Balaban J connectivity index is 1.93.